The summed E-state index contributed by atoms with van der Waals surface area (Å²) in [5, 5.41) is 4.39. The first-order valence-electron chi connectivity index (χ1n) is 8.36. The number of carbonyl (C=O) groups is 1. The average Bonchev–Trinajstić information content (AvgIpc) is 3.17. The fourth-order valence-corrected chi connectivity index (χ4v) is 6.40. The van der Waals surface area contributed by atoms with E-state index in [1.165, 1.54) is 34.6 Å². The topological polar surface area (TPSA) is 101 Å². The van der Waals surface area contributed by atoms with E-state index in [9.17, 15) is 21.6 Å². The number of piperidine rings is 1. The molecule has 146 valence electrons. The van der Waals surface area contributed by atoms with Crippen LogP contribution >= 0.6 is 11.3 Å². The predicted molar refractivity (Wildman–Crippen MR) is 104 cm³/mol. The van der Waals surface area contributed by atoms with Gasteiger partial charge < -0.3 is 5.32 Å². The van der Waals surface area contributed by atoms with Crippen LogP contribution < -0.4 is 5.32 Å². The molecule has 1 fully saturated rings. The van der Waals surface area contributed by atoms with Crippen LogP contribution in [0.25, 0.3) is 0 Å². The average molecular weight is 429 g/mol. The zero-order valence-corrected chi connectivity index (χ0v) is 17.1. The van der Waals surface area contributed by atoms with E-state index in [2.05, 4.69) is 5.32 Å². The van der Waals surface area contributed by atoms with E-state index in [0.717, 1.165) is 24.0 Å². The smallest absolute Gasteiger partial charge is 0.253 e. The van der Waals surface area contributed by atoms with Gasteiger partial charge in [-0.1, -0.05) is 12.5 Å². The van der Waals surface area contributed by atoms with Gasteiger partial charge in [-0.15, -0.1) is 11.3 Å². The minimum Gasteiger partial charge on any atom is -0.325 e. The van der Waals surface area contributed by atoms with Crippen LogP contribution in [0.1, 0.15) is 19.3 Å². The monoisotopic (exact) mass is 428 g/mol. The molecule has 2 heterocycles. The molecule has 3 rings (SSSR count). The van der Waals surface area contributed by atoms with Gasteiger partial charge in [-0.25, -0.2) is 16.8 Å². The molecule has 7 nitrogen and oxygen atoms in total. The lowest BCUT2D eigenvalue weighted by atomic mass is 10.0. The van der Waals surface area contributed by atoms with Gasteiger partial charge in [-0.2, -0.15) is 4.31 Å². The second kappa shape index (κ2) is 7.70. The fraction of sp³-hybridized carbons (Fsp3) is 0.353. The first-order valence-corrected chi connectivity index (χ1v) is 12.6. The molecule has 1 aliphatic heterocycles. The second-order valence-electron chi connectivity index (χ2n) is 6.35. The number of thiophene rings is 1. The van der Waals surface area contributed by atoms with Gasteiger partial charge in [0, 0.05) is 18.5 Å². The Labute approximate surface area is 163 Å². The summed E-state index contributed by atoms with van der Waals surface area (Å²) in [7, 11) is -7.04. The fourth-order valence-electron chi connectivity index (χ4n) is 2.99. The summed E-state index contributed by atoms with van der Waals surface area (Å²) in [6, 6.07) is 8.22. The van der Waals surface area contributed by atoms with E-state index < -0.39 is 31.8 Å². The number of benzene rings is 1. The molecular weight excluding hydrogens is 408 g/mol. The van der Waals surface area contributed by atoms with Gasteiger partial charge in [0.15, 0.2) is 9.84 Å². The molecule has 10 heteroatoms. The highest BCUT2D eigenvalue weighted by Gasteiger charge is 2.38. The van der Waals surface area contributed by atoms with Gasteiger partial charge in [0.1, 0.15) is 10.3 Å². The summed E-state index contributed by atoms with van der Waals surface area (Å²) in [4.78, 5) is 12.9. The quantitative estimate of drug-likeness (QED) is 0.788. The van der Waals surface area contributed by atoms with E-state index in [4.69, 9.17) is 0 Å². The first-order chi connectivity index (χ1) is 12.7. The molecule has 1 aromatic carbocycles. The predicted octanol–water partition coefficient (Wildman–Crippen LogP) is 2.33. The van der Waals surface area contributed by atoms with Gasteiger partial charge in [0.25, 0.3) is 10.0 Å². The summed E-state index contributed by atoms with van der Waals surface area (Å²) in [6.07, 6.45) is 3.02. The molecule has 1 aliphatic rings. The maximum Gasteiger partial charge on any atom is 0.253 e. The number of carbonyl (C=O) groups excluding carboxylic acids is 1. The third-order valence-corrected chi connectivity index (χ3v) is 8.77. The molecule has 1 amide bonds. The number of hydrogen-bond acceptors (Lipinski definition) is 6. The number of nitrogens with one attached hydrogen (secondary N) is 1. The summed E-state index contributed by atoms with van der Waals surface area (Å²) in [6.45, 7) is 0.297. The standard InChI is InChI=1S/C17H20N2O5S3/c1-26(21,22)14-9-7-13(8-10-14)18-17(20)15-5-2-3-11-19(15)27(23,24)16-6-4-12-25-16/h4,6-10,12,15H,2-3,5,11H2,1H3,(H,18,20)/t15-/m0/s1. The van der Waals surface area contributed by atoms with Crippen molar-refractivity contribution in [1.82, 2.24) is 4.31 Å². The first kappa shape index (κ1) is 20.0. The van der Waals surface area contributed by atoms with Crippen molar-refractivity contribution in [3.63, 3.8) is 0 Å². The zero-order valence-electron chi connectivity index (χ0n) is 14.7. The maximum atomic E-state index is 12.9. The van der Waals surface area contributed by atoms with E-state index in [1.54, 1.807) is 11.4 Å². The summed E-state index contributed by atoms with van der Waals surface area (Å²) in [5.41, 5.74) is 0.423. The van der Waals surface area contributed by atoms with Crippen LogP contribution in [0, 0.1) is 0 Å². The number of nitrogens with zero attached hydrogens (tertiary/aromatic N) is 1. The third kappa shape index (κ3) is 4.40. The molecule has 0 spiro atoms. The third-order valence-electron chi connectivity index (χ3n) is 4.36. The Bertz CT molecular complexity index is 1010. The molecule has 0 radical (unpaired) electrons. The lowest BCUT2D eigenvalue weighted by molar-refractivity contribution is -0.120. The Morgan fingerprint density at radius 1 is 1.11 bits per heavy atom. The van der Waals surface area contributed by atoms with Crippen molar-refractivity contribution in [2.24, 2.45) is 0 Å². The van der Waals surface area contributed by atoms with E-state index in [1.807, 2.05) is 0 Å². The highest BCUT2D eigenvalue weighted by molar-refractivity contribution is 7.91. The summed E-state index contributed by atoms with van der Waals surface area (Å²) >= 11 is 1.13. The second-order valence-corrected chi connectivity index (χ2v) is 11.4. The number of sulfone groups is 1. The van der Waals surface area contributed by atoms with Gasteiger partial charge in [0.05, 0.1) is 4.90 Å². The normalized spacial score (nSPS) is 18.9. The summed E-state index contributed by atoms with van der Waals surface area (Å²) < 4.78 is 50.2. The molecule has 2 aromatic rings. The lowest BCUT2D eigenvalue weighted by Gasteiger charge is -2.33. The van der Waals surface area contributed by atoms with Crippen LogP contribution in [0.15, 0.2) is 50.9 Å². The maximum absolute atomic E-state index is 12.9. The van der Waals surface area contributed by atoms with Crippen molar-refractivity contribution in [3.05, 3.63) is 41.8 Å². The van der Waals surface area contributed by atoms with Gasteiger partial charge in [-0.3, -0.25) is 4.79 Å². The molecule has 0 bridgehead atoms. The number of amides is 1. The van der Waals surface area contributed by atoms with E-state index >= 15 is 0 Å². The van der Waals surface area contributed by atoms with Gasteiger partial charge in [0.2, 0.25) is 5.91 Å². The summed E-state index contributed by atoms with van der Waals surface area (Å²) in [5.74, 6) is -0.415. The Hall–Kier alpha value is -1.75. The minimum absolute atomic E-state index is 0.153. The van der Waals surface area contributed by atoms with E-state index in [0.29, 0.717) is 25.1 Å². The molecule has 1 aromatic heterocycles. The molecule has 1 atom stereocenters. The van der Waals surface area contributed by atoms with Crippen LogP contribution in [0.3, 0.4) is 0 Å². The molecule has 0 aliphatic carbocycles. The largest absolute Gasteiger partial charge is 0.325 e. The molecule has 1 N–H and O–H groups in total. The SMILES string of the molecule is CS(=O)(=O)c1ccc(NC(=O)[C@@H]2CCCCN2S(=O)(=O)c2cccs2)cc1. The lowest BCUT2D eigenvalue weighted by Crippen LogP contribution is -2.49. The molecule has 1 saturated heterocycles. The van der Waals surface area contributed by atoms with Crippen LogP contribution in [0.4, 0.5) is 5.69 Å². The minimum atomic E-state index is -3.72. The molecule has 0 unspecified atom stereocenters. The van der Waals surface area contributed by atoms with Crippen molar-refractivity contribution in [2.45, 2.75) is 34.4 Å². The van der Waals surface area contributed by atoms with Gasteiger partial charge in [-0.05, 0) is 48.6 Å². The Morgan fingerprint density at radius 3 is 2.41 bits per heavy atom. The zero-order chi connectivity index (χ0) is 19.7. The van der Waals surface area contributed by atoms with E-state index in [-0.39, 0.29) is 9.10 Å². The number of hydrogen-bond donors (Lipinski definition) is 1. The van der Waals surface area contributed by atoms with Crippen LogP contribution in [0.5, 0.6) is 0 Å². The Balaban J connectivity index is 1.80. The van der Waals surface area contributed by atoms with Gasteiger partial charge >= 0.3 is 0 Å². The van der Waals surface area contributed by atoms with Crippen LogP contribution in [0.2, 0.25) is 0 Å². The van der Waals surface area contributed by atoms with Crippen molar-refractivity contribution in [3.8, 4) is 0 Å². The Kier molecular flexibility index (Phi) is 5.71. The van der Waals surface area contributed by atoms with Crippen LogP contribution in [-0.2, 0) is 24.7 Å². The Morgan fingerprint density at radius 2 is 1.81 bits per heavy atom. The highest BCUT2D eigenvalue weighted by atomic mass is 32.2. The van der Waals surface area contributed by atoms with Crippen molar-refractivity contribution in [1.29, 1.82) is 0 Å². The van der Waals surface area contributed by atoms with Crippen LogP contribution in [-0.4, -0.2) is 45.9 Å². The number of rotatable bonds is 5. The number of sulfonamides is 1. The van der Waals surface area contributed by atoms with Crippen molar-refractivity contribution in [2.75, 3.05) is 18.1 Å². The van der Waals surface area contributed by atoms with Crippen molar-refractivity contribution < 1.29 is 21.6 Å². The molecule has 27 heavy (non-hydrogen) atoms. The molecule has 0 saturated carbocycles. The van der Waals surface area contributed by atoms with Crippen molar-refractivity contribution >= 4 is 42.8 Å². The highest BCUT2D eigenvalue weighted by Crippen LogP contribution is 2.28. The molecular formula is C17H20N2O5S3. The number of anilines is 1.